The first-order chi connectivity index (χ1) is 8.97. The van der Waals surface area contributed by atoms with Crippen molar-refractivity contribution >= 4 is 21.8 Å². The first-order valence-electron chi connectivity index (χ1n) is 6.78. The molecule has 2 rings (SSSR count). The average molecular weight is 325 g/mol. The van der Waals surface area contributed by atoms with Crippen molar-refractivity contribution in [1.29, 1.82) is 5.41 Å². The Balaban J connectivity index is 2.14. The Hall–Kier alpha value is -1.03. The molecule has 0 radical (unpaired) electrons. The number of amidine groups is 1. The van der Waals surface area contributed by atoms with E-state index >= 15 is 0 Å². The van der Waals surface area contributed by atoms with Gasteiger partial charge in [-0.1, -0.05) is 29.8 Å². The Morgan fingerprint density at radius 1 is 1.32 bits per heavy atom. The van der Waals surface area contributed by atoms with Gasteiger partial charge in [-0.2, -0.15) is 0 Å². The van der Waals surface area contributed by atoms with Crippen molar-refractivity contribution in [2.75, 3.05) is 0 Å². The van der Waals surface area contributed by atoms with E-state index in [0.29, 0.717) is 17.2 Å². The van der Waals surface area contributed by atoms with Crippen LogP contribution in [-0.4, -0.2) is 11.9 Å². The first kappa shape index (κ1) is 14.4. The van der Waals surface area contributed by atoms with Crippen LogP contribution in [0.25, 0.3) is 0 Å². The fourth-order valence-electron chi connectivity index (χ4n) is 2.60. The van der Waals surface area contributed by atoms with Crippen molar-refractivity contribution in [1.82, 2.24) is 0 Å². The van der Waals surface area contributed by atoms with Crippen LogP contribution in [-0.2, 0) is 0 Å². The Bertz CT molecular complexity index is 475. The van der Waals surface area contributed by atoms with E-state index in [1.165, 1.54) is 6.42 Å². The molecule has 0 heterocycles. The second-order valence-corrected chi connectivity index (χ2v) is 6.48. The second kappa shape index (κ2) is 5.95. The highest BCUT2D eigenvalue weighted by Gasteiger charge is 2.26. The summed E-state index contributed by atoms with van der Waals surface area (Å²) in [7, 11) is 0. The van der Waals surface area contributed by atoms with Crippen molar-refractivity contribution in [3.8, 4) is 5.75 Å². The topological polar surface area (TPSA) is 59.1 Å². The van der Waals surface area contributed by atoms with E-state index in [9.17, 15) is 0 Å². The van der Waals surface area contributed by atoms with Crippen LogP contribution in [0.3, 0.4) is 0 Å². The van der Waals surface area contributed by atoms with Crippen molar-refractivity contribution in [2.24, 2.45) is 17.6 Å². The van der Waals surface area contributed by atoms with E-state index in [-0.39, 0.29) is 11.9 Å². The van der Waals surface area contributed by atoms with Gasteiger partial charge in [-0.3, -0.25) is 5.41 Å². The van der Waals surface area contributed by atoms with E-state index in [4.69, 9.17) is 15.9 Å². The predicted octanol–water partition coefficient (Wildman–Crippen LogP) is 3.94. The third kappa shape index (κ3) is 3.50. The van der Waals surface area contributed by atoms with Crippen LogP contribution < -0.4 is 10.5 Å². The lowest BCUT2D eigenvalue weighted by Gasteiger charge is -2.32. The molecule has 3 unspecified atom stereocenters. The number of benzene rings is 1. The quantitative estimate of drug-likeness (QED) is 0.653. The smallest absolute Gasteiger partial charge is 0.131 e. The molecule has 1 saturated carbocycles. The van der Waals surface area contributed by atoms with Crippen molar-refractivity contribution < 1.29 is 4.74 Å². The van der Waals surface area contributed by atoms with E-state index in [0.717, 1.165) is 23.2 Å². The molecule has 0 amide bonds. The molecule has 1 aromatic carbocycles. The lowest BCUT2D eigenvalue weighted by molar-refractivity contribution is 0.100. The predicted molar refractivity (Wildman–Crippen MR) is 81.8 cm³/mol. The summed E-state index contributed by atoms with van der Waals surface area (Å²) in [5, 5.41) is 7.62. The molecule has 1 aliphatic carbocycles. The zero-order valence-electron chi connectivity index (χ0n) is 11.4. The van der Waals surface area contributed by atoms with E-state index in [1.54, 1.807) is 0 Å². The van der Waals surface area contributed by atoms with Crippen LogP contribution in [0.4, 0.5) is 0 Å². The SMILES string of the molecule is CC1CCC(Oc2cc(Br)ccc2C(=N)N)CC1C. The van der Waals surface area contributed by atoms with Gasteiger partial charge in [0.25, 0.3) is 0 Å². The number of halogens is 1. The zero-order chi connectivity index (χ0) is 14.0. The van der Waals surface area contributed by atoms with Gasteiger partial charge in [0.2, 0.25) is 0 Å². The third-order valence-corrected chi connectivity index (χ3v) is 4.57. The fourth-order valence-corrected chi connectivity index (χ4v) is 2.94. The summed E-state index contributed by atoms with van der Waals surface area (Å²) >= 11 is 3.44. The van der Waals surface area contributed by atoms with Crippen LogP contribution in [0, 0.1) is 17.2 Å². The minimum Gasteiger partial charge on any atom is -0.490 e. The van der Waals surface area contributed by atoms with Crippen molar-refractivity contribution in [3.63, 3.8) is 0 Å². The summed E-state index contributed by atoms with van der Waals surface area (Å²) < 4.78 is 7.05. The lowest BCUT2D eigenvalue weighted by atomic mass is 9.80. The van der Waals surface area contributed by atoms with Crippen LogP contribution in [0.15, 0.2) is 22.7 Å². The molecule has 3 nitrogen and oxygen atoms in total. The summed E-state index contributed by atoms with van der Waals surface area (Å²) in [5.74, 6) is 2.23. The van der Waals surface area contributed by atoms with Gasteiger partial charge in [-0.25, -0.2) is 0 Å². The average Bonchev–Trinajstić information content (AvgIpc) is 2.33. The van der Waals surface area contributed by atoms with Gasteiger partial charge in [0.1, 0.15) is 11.6 Å². The van der Waals surface area contributed by atoms with Gasteiger partial charge in [0.05, 0.1) is 11.7 Å². The molecule has 0 saturated heterocycles. The fraction of sp³-hybridized carbons (Fsp3) is 0.533. The highest BCUT2D eigenvalue weighted by molar-refractivity contribution is 9.10. The number of ether oxygens (including phenoxy) is 1. The normalized spacial score (nSPS) is 27.0. The highest BCUT2D eigenvalue weighted by atomic mass is 79.9. The molecule has 4 heteroatoms. The van der Waals surface area contributed by atoms with Crippen LogP contribution >= 0.6 is 15.9 Å². The number of nitrogens with two attached hydrogens (primary N) is 1. The number of hydrogen-bond donors (Lipinski definition) is 2. The molecule has 0 bridgehead atoms. The summed E-state index contributed by atoms with van der Waals surface area (Å²) in [6, 6.07) is 5.62. The second-order valence-electron chi connectivity index (χ2n) is 5.56. The third-order valence-electron chi connectivity index (χ3n) is 4.08. The van der Waals surface area contributed by atoms with E-state index in [2.05, 4.69) is 29.8 Å². The molecule has 19 heavy (non-hydrogen) atoms. The van der Waals surface area contributed by atoms with Gasteiger partial charge >= 0.3 is 0 Å². The minimum absolute atomic E-state index is 0.0553. The number of nitrogen functional groups attached to an aromatic ring is 1. The highest BCUT2D eigenvalue weighted by Crippen LogP contribution is 2.33. The van der Waals surface area contributed by atoms with Crippen LogP contribution in [0.2, 0.25) is 0 Å². The minimum atomic E-state index is 0.0553. The van der Waals surface area contributed by atoms with Gasteiger partial charge in [0, 0.05) is 4.47 Å². The Morgan fingerprint density at radius 2 is 2.05 bits per heavy atom. The molecule has 0 aromatic heterocycles. The molecular formula is C15H21BrN2O. The molecular weight excluding hydrogens is 304 g/mol. The summed E-state index contributed by atoms with van der Waals surface area (Å²) in [6.07, 6.45) is 3.59. The maximum atomic E-state index is 7.62. The van der Waals surface area contributed by atoms with Gasteiger partial charge < -0.3 is 10.5 Å². The Labute approximate surface area is 123 Å². The van der Waals surface area contributed by atoms with Gasteiger partial charge in [0.15, 0.2) is 0 Å². The van der Waals surface area contributed by atoms with Crippen molar-refractivity contribution in [2.45, 2.75) is 39.2 Å². The maximum absolute atomic E-state index is 7.62. The monoisotopic (exact) mass is 324 g/mol. The molecule has 104 valence electrons. The summed E-state index contributed by atoms with van der Waals surface area (Å²) in [6.45, 7) is 4.59. The molecule has 1 aliphatic rings. The number of hydrogen-bond acceptors (Lipinski definition) is 2. The lowest BCUT2D eigenvalue weighted by Crippen LogP contribution is -2.29. The molecule has 0 aliphatic heterocycles. The summed E-state index contributed by atoms with van der Waals surface area (Å²) in [5.41, 5.74) is 6.28. The first-order valence-corrected chi connectivity index (χ1v) is 7.57. The largest absolute Gasteiger partial charge is 0.490 e. The van der Waals surface area contributed by atoms with Crippen LogP contribution in [0.1, 0.15) is 38.7 Å². The van der Waals surface area contributed by atoms with Gasteiger partial charge in [-0.15, -0.1) is 0 Å². The molecule has 3 atom stereocenters. The van der Waals surface area contributed by atoms with Crippen molar-refractivity contribution in [3.05, 3.63) is 28.2 Å². The van der Waals surface area contributed by atoms with E-state index in [1.807, 2.05) is 18.2 Å². The standard InChI is InChI=1S/C15H21BrN2O/c1-9-3-5-12(7-10(9)2)19-14-8-11(16)4-6-13(14)15(17)18/h4,6,8-10,12H,3,5,7H2,1-2H3,(H3,17,18). The zero-order valence-corrected chi connectivity index (χ0v) is 13.0. The van der Waals surface area contributed by atoms with Crippen LogP contribution in [0.5, 0.6) is 5.75 Å². The molecule has 1 aromatic rings. The van der Waals surface area contributed by atoms with Gasteiger partial charge in [-0.05, 0) is 49.3 Å². The number of nitrogens with one attached hydrogen (secondary N) is 1. The molecule has 1 fully saturated rings. The Kier molecular flexibility index (Phi) is 4.50. The van der Waals surface area contributed by atoms with E-state index < -0.39 is 0 Å². The molecule has 0 spiro atoms. The maximum Gasteiger partial charge on any atom is 0.131 e. The number of rotatable bonds is 3. The summed E-state index contributed by atoms with van der Waals surface area (Å²) in [4.78, 5) is 0. The Morgan fingerprint density at radius 3 is 2.68 bits per heavy atom. The molecule has 3 N–H and O–H groups in total.